The number of hydrogen-bond acceptors (Lipinski definition) is 4. The van der Waals surface area contributed by atoms with Crippen molar-refractivity contribution in [3.63, 3.8) is 0 Å². The molecule has 0 heterocycles. The number of rotatable bonds is 6. The van der Waals surface area contributed by atoms with Crippen molar-refractivity contribution in [2.75, 3.05) is 13.2 Å². The van der Waals surface area contributed by atoms with Gasteiger partial charge in [0, 0.05) is 24.2 Å². The van der Waals surface area contributed by atoms with E-state index in [1.54, 1.807) is 6.92 Å². The third-order valence-electron chi connectivity index (χ3n) is 2.40. The van der Waals surface area contributed by atoms with Gasteiger partial charge in [-0.3, -0.25) is 14.9 Å². The lowest BCUT2D eigenvalue weighted by Gasteiger charge is -2.12. The Kier molecular flexibility index (Phi) is 5.72. The second-order valence-corrected chi connectivity index (χ2v) is 4.33. The number of ether oxygens (including phenoxy) is 1. The molecule has 1 rings (SSSR count). The molecule has 7 heteroatoms. The summed E-state index contributed by atoms with van der Waals surface area (Å²) in [6.45, 7) is 4.46. The molecule has 0 radical (unpaired) electrons. The lowest BCUT2D eigenvalue weighted by molar-refractivity contribution is -0.385. The molecule has 19 heavy (non-hydrogen) atoms. The van der Waals surface area contributed by atoms with Crippen LogP contribution in [0.1, 0.15) is 24.2 Å². The van der Waals surface area contributed by atoms with Crippen LogP contribution in [-0.2, 0) is 4.74 Å². The summed E-state index contributed by atoms with van der Waals surface area (Å²) >= 11 is 5.75. The molecule has 1 aromatic rings. The predicted octanol–water partition coefficient (Wildman–Crippen LogP) is 2.40. The monoisotopic (exact) mass is 286 g/mol. The molecule has 0 fully saturated rings. The molecule has 1 amide bonds. The maximum atomic E-state index is 11.9. The van der Waals surface area contributed by atoms with Crippen LogP contribution in [-0.4, -0.2) is 30.1 Å². The zero-order chi connectivity index (χ0) is 14.4. The molecule has 0 saturated carbocycles. The number of nitro benzene ring substituents is 1. The summed E-state index contributed by atoms with van der Waals surface area (Å²) in [5.41, 5.74) is -0.327. The van der Waals surface area contributed by atoms with Crippen molar-refractivity contribution in [2.24, 2.45) is 0 Å². The number of hydrogen-bond donors (Lipinski definition) is 1. The number of benzene rings is 1. The van der Waals surface area contributed by atoms with Gasteiger partial charge in [-0.2, -0.15) is 0 Å². The molecule has 1 atom stereocenters. The van der Waals surface area contributed by atoms with Gasteiger partial charge in [0.2, 0.25) is 0 Å². The highest BCUT2D eigenvalue weighted by Crippen LogP contribution is 2.22. The lowest BCUT2D eigenvalue weighted by atomic mass is 10.1. The van der Waals surface area contributed by atoms with E-state index in [-0.39, 0.29) is 28.9 Å². The predicted molar refractivity (Wildman–Crippen MR) is 71.5 cm³/mol. The van der Waals surface area contributed by atoms with Crippen molar-refractivity contribution < 1.29 is 14.5 Å². The van der Waals surface area contributed by atoms with E-state index in [0.29, 0.717) is 6.61 Å². The number of halogens is 1. The van der Waals surface area contributed by atoms with Gasteiger partial charge in [0.05, 0.1) is 11.0 Å². The van der Waals surface area contributed by atoms with Gasteiger partial charge in [-0.15, -0.1) is 0 Å². The summed E-state index contributed by atoms with van der Waals surface area (Å²) in [6.07, 6.45) is -0.160. The number of nitrogens with one attached hydrogen (secondary N) is 1. The zero-order valence-corrected chi connectivity index (χ0v) is 11.4. The van der Waals surface area contributed by atoms with Crippen molar-refractivity contribution in [3.8, 4) is 0 Å². The molecular weight excluding hydrogens is 272 g/mol. The first-order valence-corrected chi connectivity index (χ1v) is 6.17. The maximum absolute atomic E-state index is 11.9. The molecule has 0 spiro atoms. The van der Waals surface area contributed by atoms with Gasteiger partial charge in [0.15, 0.2) is 0 Å². The van der Waals surface area contributed by atoms with Gasteiger partial charge in [-0.1, -0.05) is 11.6 Å². The minimum Gasteiger partial charge on any atom is -0.377 e. The molecule has 1 N–H and O–H groups in total. The Hall–Kier alpha value is -1.66. The largest absolute Gasteiger partial charge is 0.377 e. The molecule has 0 bridgehead atoms. The van der Waals surface area contributed by atoms with Gasteiger partial charge >= 0.3 is 0 Å². The molecular formula is C12H15ClN2O4. The Balaban J connectivity index is 2.81. The van der Waals surface area contributed by atoms with Crippen LogP contribution >= 0.6 is 11.6 Å². The minimum atomic E-state index is -0.614. The van der Waals surface area contributed by atoms with Gasteiger partial charge in [0.25, 0.3) is 11.6 Å². The number of amides is 1. The fourth-order valence-electron chi connectivity index (χ4n) is 1.52. The van der Waals surface area contributed by atoms with E-state index < -0.39 is 10.8 Å². The zero-order valence-electron chi connectivity index (χ0n) is 10.7. The van der Waals surface area contributed by atoms with E-state index in [9.17, 15) is 14.9 Å². The minimum absolute atomic E-state index is 0.0544. The van der Waals surface area contributed by atoms with Crippen molar-refractivity contribution in [1.29, 1.82) is 0 Å². The van der Waals surface area contributed by atoms with Gasteiger partial charge in [-0.25, -0.2) is 0 Å². The van der Waals surface area contributed by atoms with Gasteiger partial charge in [-0.05, 0) is 26.0 Å². The van der Waals surface area contributed by atoms with Crippen molar-refractivity contribution in [1.82, 2.24) is 5.32 Å². The molecule has 0 aliphatic rings. The SMILES string of the molecule is CCOC(C)CNC(=O)c1cc(Cl)ccc1[N+](=O)[O-]. The number of nitrogens with zero attached hydrogens (tertiary/aromatic N) is 1. The van der Waals surface area contributed by atoms with E-state index in [1.165, 1.54) is 18.2 Å². The molecule has 1 aromatic carbocycles. The Labute approximate surface area is 115 Å². The highest BCUT2D eigenvalue weighted by Gasteiger charge is 2.20. The fraction of sp³-hybridized carbons (Fsp3) is 0.417. The van der Waals surface area contributed by atoms with Crippen LogP contribution in [0.15, 0.2) is 18.2 Å². The second kappa shape index (κ2) is 7.06. The quantitative estimate of drug-likeness (QED) is 0.643. The van der Waals surface area contributed by atoms with Crippen LogP contribution in [0.3, 0.4) is 0 Å². The first-order valence-electron chi connectivity index (χ1n) is 5.79. The normalized spacial score (nSPS) is 11.9. The molecule has 104 valence electrons. The Morgan fingerprint density at radius 1 is 1.58 bits per heavy atom. The highest BCUT2D eigenvalue weighted by molar-refractivity contribution is 6.31. The van der Waals surface area contributed by atoms with Crippen molar-refractivity contribution in [3.05, 3.63) is 38.9 Å². The average Bonchev–Trinajstić information content (AvgIpc) is 2.35. The molecule has 0 aliphatic carbocycles. The van der Waals surface area contributed by atoms with Crippen LogP contribution in [0.2, 0.25) is 5.02 Å². The molecule has 0 aliphatic heterocycles. The summed E-state index contributed by atoms with van der Waals surface area (Å²) in [6, 6.07) is 3.86. The van der Waals surface area contributed by atoms with E-state index in [2.05, 4.69) is 5.32 Å². The van der Waals surface area contributed by atoms with Crippen LogP contribution < -0.4 is 5.32 Å². The Morgan fingerprint density at radius 3 is 2.84 bits per heavy atom. The number of carbonyl (C=O) groups is 1. The van der Waals surface area contributed by atoms with Gasteiger partial charge < -0.3 is 10.1 Å². The van der Waals surface area contributed by atoms with E-state index in [4.69, 9.17) is 16.3 Å². The van der Waals surface area contributed by atoms with E-state index in [1.807, 2.05) is 6.92 Å². The van der Waals surface area contributed by atoms with Crippen LogP contribution in [0.4, 0.5) is 5.69 Å². The second-order valence-electron chi connectivity index (χ2n) is 3.89. The third-order valence-corrected chi connectivity index (χ3v) is 2.64. The summed E-state index contributed by atoms with van der Waals surface area (Å²) < 4.78 is 5.25. The third kappa shape index (κ3) is 4.50. The summed E-state index contributed by atoms with van der Waals surface area (Å²) in [5, 5.41) is 13.7. The topological polar surface area (TPSA) is 81.5 Å². The summed E-state index contributed by atoms with van der Waals surface area (Å²) in [7, 11) is 0. The van der Waals surface area contributed by atoms with Crippen LogP contribution in [0, 0.1) is 10.1 Å². The van der Waals surface area contributed by atoms with Crippen LogP contribution in [0.25, 0.3) is 0 Å². The number of carbonyl (C=O) groups excluding carboxylic acids is 1. The van der Waals surface area contributed by atoms with Gasteiger partial charge in [0.1, 0.15) is 5.56 Å². The molecule has 0 saturated heterocycles. The smallest absolute Gasteiger partial charge is 0.282 e. The van der Waals surface area contributed by atoms with E-state index >= 15 is 0 Å². The lowest BCUT2D eigenvalue weighted by Crippen LogP contribution is -2.32. The highest BCUT2D eigenvalue weighted by atomic mass is 35.5. The Morgan fingerprint density at radius 2 is 2.26 bits per heavy atom. The van der Waals surface area contributed by atoms with Crippen molar-refractivity contribution >= 4 is 23.2 Å². The fourth-order valence-corrected chi connectivity index (χ4v) is 1.70. The average molecular weight is 287 g/mol. The van der Waals surface area contributed by atoms with Crippen LogP contribution in [0.5, 0.6) is 0 Å². The maximum Gasteiger partial charge on any atom is 0.282 e. The first kappa shape index (κ1) is 15.4. The number of nitro groups is 1. The molecule has 1 unspecified atom stereocenters. The standard InChI is InChI=1S/C12H15ClN2O4/c1-3-19-8(2)7-14-12(16)10-6-9(13)4-5-11(10)15(17)18/h4-6,8H,3,7H2,1-2H3,(H,14,16). The summed E-state index contributed by atoms with van der Waals surface area (Å²) in [5.74, 6) is -0.541. The summed E-state index contributed by atoms with van der Waals surface area (Å²) in [4.78, 5) is 22.1. The molecule has 0 aromatic heterocycles. The van der Waals surface area contributed by atoms with Crippen molar-refractivity contribution in [2.45, 2.75) is 20.0 Å². The Bertz CT molecular complexity index is 479. The van der Waals surface area contributed by atoms with E-state index in [0.717, 1.165) is 0 Å². The molecule has 6 nitrogen and oxygen atoms in total. The first-order chi connectivity index (χ1) is 8.95.